The summed E-state index contributed by atoms with van der Waals surface area (Å²) in [5.41, 5.74) is 2.29. The maximum atomic E-state index is 13.1. The highest BCUT2D eigenvalue weighted by atomic mass is 32.1. The molecule has 24 heavy (non-hydrogen) atoms. The number of esters is 1. The highest BCUT2D eigenvalue weighted by Crippen LogP contribution is 2.37. The maximum Gasteiger partial charge on any atom is 0.338 e. The Kier molecular flexibility index (Phi) is 4.69. The molecule has 0 atom stereocenters. The number of hydrogen-bond donors (Lipinski definition) is 1. The van der Waals surface area contributed by atoms with Gasteiger partial charge >= 0.3 is 5.97 Å². The molecular weight excluding hydrogens is 329 g/mol. The van der Waals surface area contributed by atoms with Crippen LogP contribution in [0.2, 0.25) is 0 Å². The average Bonchev–Trinajstić information content (AvgIpc) is 3.06. The van der Waals surface area contributed by atoms with E-state index >= 15 is 0 Å². The fourth-order valence-electron chi connectivity index (χ4n) is 2.36. The number of aromatic nitrogens is 1. The molecule has 1 N–H and O–H groups in total. The van der Waals surface area contributed by atoms with E-state index in [1.165, 1.54) is 30.6 Å². The Bertz CT molecular complexity index is 874. The van der Waals surface area contributed by atoms with Gasteiger partial charge in [0.25, 0.3) is 0 Å². The maximum absolute atomic E-state index is 13.1. The molecule has 2 aromatic carbocycles. The van der Waals surface area contributed by atoms with Crippen LogP contribution < -0.4 is 0 Å². The molecule has 1 aromatic heterocycles. The molecule has 0 saturated carbocycles. The summed E-state index contributed by atoms with van der Waals surface area (Å²) in [6.07, 6.45) is 0. The number of nitrogens with zero attached hydrogens (tertiary/aromatic N) is 1. The molecule has 0 aliphatic heterocycles. The van der Waals surface area contributed by atoms with E-state index in [1.807, 2.05) is 0 Å². The zero-order chi connectivity index (χ0) is 17.1. The second-order valence-electron chi connectivity index (χ2n) is 5.00. The first-order valence-corrected chi connectivity index (χ1v) is 8.00. The number of thiazole rings is 1. The van der Waals surface area contributed by atoms with E-state index in [4.69, 9.17) is 4.74 Å². The van der Waals surface area contributed by atoms with Crippen LogP contribution >= 0.6 is 11.3 Å². The first-order chi connectivity index (χ1) is 11.6. The molecule has 0 aliphatic rings. The molecule has 0 radical (unpaired) electrons. The van der Waals surface area contributed by atoms with Crippen molar-refractivity contribution in [1.29, 1.82) is 0 Å². The highest BCUT2D eigenvalue weighted by molar-refractivity contribution is 7.18. The molecule has 4 nitrogen and oxygen atoms in total. The highest BCUT2D eigenvalue weighted by Gasteiger charge is 2.19. The summed E-state index contributed by atoms with van der Waals surface area (Å²) in [4.78, 5) is 17.1. The van der Waals surface area contributed by atoms with Crippen molar-refractivity contribution in [2.75, 3.05) is 7.11 Å². The van der Waals surface area contributed by atoms with Crippen LogP contribution in [0.1, 0.15) is 16.1 Å². The minimum atomic E-state index is -0.449. The zero-order valence-corrected chi connectivity index (χ0v) is 13.6. The second-order valence-corrected chi connectivity index (χ2v) is 6.00. The number of benzene rings is 2. The van der Waals surface area contributed by atoms with E-state index in [9.17, 15) is 14.3 Å². The van der Waals surface area contributed by atoms with Crippen LogP contribution in [0.25, 0.3) is 21.0 Å². The van der Waals surface area contributed by atoms with Crippen molar-refractivity contribution in [1.82, 2.24) is 4.98 Å². The normalized spacial score (nSPS) is 10.6. The van der Waals surface area contributed by atoms with Gasteiger partial charge in [-0.05, 0) is 23.8 Å². The minimum absolute atomic E-state index is 0.246. The van der Waals surface area contributed by atoms with E-state index in [-0.39, 0.29) is 12.4 Å². The lowest BCUT2D eigenvalue weighted by Gasteiger charge is -2.04. The summed E-state index contributed by atoms with van der Waals surface area (Å²) in [6.45, 7) is -0.246. The number of methoxy groups -OCH3 is 1. The predicted molar refractivity (Wildman–Crippen MR) is 90.2 cm³/mol. The number of aliphatic hydroxyl groups is 1. The van der Waals surface area contributed by atoms with Gasteiger partial charge in [0.1, 0.15) is 10.8 Å². The van der Waals surface area contributed by atoms with Gasteiger partial charge in [0.05, 0.1) is 29.9 Å². The van der Waals surface area contributed by atoms with Gasteiger partial charge in [0, 0.05) is 5.56 Å². The summed E-state index contributed by atoms with van der Waals surface area (Å²) < 4.78 is 17.9. The summed E-state index contributed by atoms with van der Waals surface area (Å²) in [5.74, 6) is -0.778. The van der Waals surface area contributed by atoms with Crippen LogP contribution in [0.4, 0.5) is 4.39 Å². The van der Waals surface area contributed by atoms with Gasteiger partial charge in [-0.15, -0.1) is 11.3 Å². The van der Waals surface area contributed by atoms with Gasteiger partial charge in [-0.1, -0.05) is 30.3 Å². The van der Waals surface area contributed by atoms with Crippen LogP contribution in [0, 0.1) is 5.82 Å². The van der Waals surface area contributed by atoms with Gasteiger partial charge in [0.15, 0.2) is 0 Å². The molecule has 1 heterocycles. The summed E-state index contributed by atoms with van der Waals surface area (Å²) in [6, 6.07) is 13.0. The first-order valence-electron chi connectivity index (χ1n) is 7.18. The number of carbonyl (C=O) groups excluding carboxylic acids is 1. The van der Waals surface area contributed by atoms with Crippen LogP contribution in [0.15, 0.2) is 48.5 Å². The van der Waals surface area contributed by atoms with Gasteiger partial charge in [-0.3, -0.25) is 0 Å². The third-order valence-electron chi connectivity index (χ3n) is 3.52. The Labute approximate surface area is 142 Å². The van der Waals surface area contributed by atoms with Gasteiger partial charge in [-0.25, -0.2) is 14.2 Å². The number of aliphatic hydroxyl groups excluding tert-OH is 1. The van der Waals surface area contributed by atoms with Crippen LogP contribution in [0.3, 0.4) is 0 Å². The molecule has 0 aliphatic carbocycles. The number of rotatable bonds is 4. The lowest BCUT2D eigenvalue weighted by atomic mass is 10.1. The van der Waals surface area contributed by atoms with Crippen LogP contribution in [-0.4, -0.2) is 23.2 Å². The Hall–Kier alpha value is -2.57. The van der Waals surface area contributed by atoms with Crippen molar-refractivity contribution in [3.8, 4) is 21.0 Å². The smallest absolute Gasteiger partial charge is 0.338 e. The molecule has 122 valence electrons. The van der Waals surface area contributed by atoms with E-state index in [2.05, 4.69) is 4.98 Å². The van der Waals surface area contributed by atoms with E-state index in [0.717, 1.165) is 10.4 Å². The van der Waals surface area contributed by atoms with Gasteiger partial charge in [0.2, 0.25) is 0 Å². The monoisotopic (exact) mass is 343 g/mol. The van der Waals surface area contributed by atoms with E-state index in [1.54, 1.807) is 36.4 Å². The Balaban J connectivity index is 2.11. The van der Waals surface area contributed by atoms with Gasteiger partial charge < -0.3 is 9.84 Å². The molecule has 6 heteroatoms. The quantitative estimate of drug-likeness (QED) is 0.730. The standard InChI is InChI=1S/C18H14FNO3S/c1-23-18(22)14-5-3-2-4-13(14)17-20-15(10-21)16(24-17)11-6-8-12(19)9-7-11/h2-9,21H,10H2,1H3. The topological polar surface area (TPSA) is 59.4 Å². The summed E-state index contributed by atoms with van der Waals surface area (Å²) in [5, 5.41) is 10.2. The number of halogens is 1. The first kappa shape index (κ1) is 16.3. The SMILES string of the molecule is COC(=O)c1ccccc1-c1nc(CO)c(-c2ccc(F)cc2)s1. The number of hydrogen-bond acceptors (Lipinski definition) is 5. The van der Waals surface area contributed by atoms with Crippen molar-refractivity contribution in [3.63, 3.8) is 0 Å². The predicted octanol–water partition coefficient (Wildman–Crippen LogP) is 3.90. The minimum Gasteiger partial charge on any atom is -0.465 e. The van der Waals surface area contributed by atoms with Crippen molar-refractivity contribution < 1.29 is 19.0 Å². The molecule has 0 spiro atoms. The number of carbonyl (C=O) groups is 1. The van der Waals surface area contributed by atoms with Crippen molar-refractivity contribution in [2.24, 2.45) is 0 Å². The summed E-state index contributed by atoms with van der Waals surface area (Å²) >= 11 is 1.34. The molecule has 0 bridgehead atoms. The lowest BCUT2D eigenvalue weighted by molar-refractivity contribution is 0.0601. The lowest BCUT2D eigenvalue weighted by Crippen LogP contribution is -2.03. The third kappa shape index (κ3) is 3.06. The summed E-state index contributed by atoms with van der Waals surface area (Å²) in [7, 11) is 1.32. The molecule has 3 aromatic rings. The molecule has 0 saturated heterocycles. The van der Waals surface area contributed by atoms with Crippen molar-refractivity contribution in [3.05, 3.63) is 65.6 Å². The Morgan fingerprint density at radius 1 is 1.21 bits per heavy atom. The van der Waals surface area contributed by atoms with E-state index in [0.29, 0.717) is 21.8 Å². The van der Waals surface area contributed by atoms with E-state index < -0.39 is 5.97 Å². The number of ether oxygens (including phenoxy) is 1. The molecule has 0 unspecified atom stereocenters. The molecule has 0 amide bonds. The zero-order valence-electron chi connectivity index (χ0n) is 12.8. The van der Waals surface area contributed by atoms with Crippen molar-refractivity contribution >= 4 is 17.3 Å². The fourth-order valence-corrected chi connectivity index (χ4v) is 3.48. The second kappa shape index (κ2) is 6.90. The fraction of sp³-hybridized carbons (Fsp3) is 0.111. The molecule has 3 rings (SSSR count). The Morgan fingerprint density at radius 2 is 1.92 bits per heavy atom. The molecule has 0 fully saturated rings. The average molecular weight is 343 g/mol. The van der Waals surface area contributed by atoms with Crippen LogP contribution in [-0.2, 0) is 11.3 Å². The van der Waals surface area contributed by atoms with Crippen molar-refractivity contribution in [2.45, 2.75) is 6.61 Å². The Morgan fingerprint density at radius 3 is 2.58 bits per heavy atom. The van der Waals surface area contributed by atoms with Gasteiger partial charge in [-0.2, -0.15) is 0 Å². The largest absolute Gasteiger partial charge is 0.465 e. The molecular formula is C18H14FNO3S. The van der Waals surface area contributed by atoms with Crippen LogP contribution in [0.5, 0.6) is 0 Å². The third-order valence-corrected chi connectivity index (χ3v) is 4.70.